The molecular weight excluding hydrogens is 225 g/mol. The largest absolute Gasteiger partial charge is 0.462 e. The Morgan fingerprint density at radius 2 is 2.06 bits per heavy atom. The molecule has 5 heteroatoms. The fraction of sp³-hybridized carbons (Fsp3) is 0.364. The molecule has 0 radical (unpaired) electrons. The van der Waals surface area contributed by atoms with Gasteiger partial charge in [0.15, 0.2) is 0 Å². The molecule has 1 unspecified atom stereocenters. The van der Waals surface area contributed by atoms with Crippen LogP contribution in [0, 0.1) is 0 Å². The highest BCUT2D eigenvalue weighted by Gasteiger charge is 2.23. The van der Waals surface area contributed by atoms with Gasteiger partial charge in [0.25, 0.3) is 0 Å². The number of rotatable bonds is 4. The molecule has 1 aromatic carbocycles. The van der Waals surface area contributed by atoms with Gasteiger partial charge in [-0.15, -0.1) is 0 Å². The molecule has 0 saturated heterocycles. The van der Waals surface area contributed by atoms with Crippen molar-refractivity contribution in [3.8, 4) is 0 Å². The lowest BCUT2D eigenvalue weighted by atomic mass is 10.2. The van der Waals surface area contributed by atoms with Gasteiger partial charge in [-0.2, -0.15) is 0 Å². The highest BCUT2D eigenvalue weighted by Crippen LogP contribution is 2.38. The Morgan fingerprint density at radius 3 is 2.62 bits per heavy atom. The number of hydrogen-bond acceptors (Lipinski definition) is 4. The molecule has 0 heterocycles. The minimum absolute atomic E-state index is 0.0451. The van der Waals surface area contributed by atoms with Gasteiger partial charge in [0.05, 0.1) is 18.5 Å². The van der Waals surface area contributed by atoms with Crippen LogP contribution in [-0.4, -0.2) is 25.5 Å². The first-order chi connectivity index (χ1) is 7.53. The maximum atomic E-state index is 12.2. The number of benzene rings is 1. The second kappa shape index (κ2) is 5.28. The van der Waals surface area contributed by atoms with E-state index >= 15 is 0 Å². The van der Waals surface area contributed by atoms with E-state index < -0.39 is 13.1 Å². The molecule has 0 amide bonds. The van der Waals surface area contributed by atoms with Crippen molar-refractivity contribution in [1.82, 2.24) is 0 Å². The molecule has 16 heavy (non-hydrogen) atoms. The molecule has 1 aromatic rings. The predicted octanol–water partition coefficient (Wildman–Crippen LogP) is 1.40. The zero-order valence-corrected chi connectivity index (χ0v) is 10.4. The van der Waals surface area contributed by atoms with E-state index in [9.17, 15) is 9.36 Å². The second-order valence-corrected chi connectivity index (χ2v) is 6.57. The average molecular weight is 241 g/mol. The van der Waals surface area contributed by atoms with E-state index in [-0.39, 0.29) is 6.29 Å². The minimum atomic E-state index is -2.66. The Bertz CT molecular complexity index is 431. The smallest absolute Gasteiger partial charge is 0.338 e. The molecule has 0 aliphatic heterocycles. The molecule has 4 nitrogen and oxygen atoms in total. The van der Waals surface area contributed by atoms with Crippen molar-refractivity contribution < 1.29 is 14.1 Å². The highest BCUT2D eigenvalue weighted by atomic mass is 31.2. The first-order valence-corrected chi connectivity index (χ1v) is 7.40. The number of nitrogens with two attached hydrogens (primary N) is 1. The summed E-state index contributed by atoms with van der Waals surface area (Å²) in [4.78, 5) is 11.6. The van der Waals surface area contributed by atoms with Crippen molar-refractivity contribution in [2.75, 3.05) is 19.6 Å². The lowest BCUT2D eigenvalue weighted by Gasteiger charge is -2.14. The van der Waals surface area contributed by atoms with Crippen molar-refractivity contribution in [1.29, 1.82) is 0 Å². The molecule has 0 aliphatic rings. The Morgan fingerprint density at radius 1 is 1.44 bits per heavy atom. The van der Waals surface area contributed by atoms with Crippen LogP contribution in [0.3, 0.4) is 0 Å². The summed E-state index contributed by atoms with van der Waals surface area (Å²) < 4.78 is 17.1. The topological polar surface area (TPSA) is 69.4 Å². The Hall–Kier alpha value is -1.12. The third kappa shape index (κ3) is 2.71. The van der Waals surface area contributed by atoms with Gasteiger partial charge >= 0.3 is 5.97 Å². The molecule has 0 saturated carbocycles. The van der Waals surface area contributed by atoms with Crippen molar-refractivity contribution in [3.05, 3.63) is 29.8 Å². The van der Waals surface area contributed by atoms with Gasteiger partial charge in [0.2, 0.25) is 0 Å². The third-order valence-electron chi connectivity index (χ3n) is 2.26. The highest BCUT2D eigenvalue weighted by molar-refractivity contribution is 7.71. The Labute approximate surface area is 95.2 Å². The molecule has 0 bridgehead atoms. The quantitative estimate of drug-likeness (QED) is 0.639. The molecule has 0 aliphatic carbocycles. The van der Waals surface area contributed by atoms with Crippen LogP contribution in [0.15, 0.2) is 24.3 Å². The zero-order chi connectivity index (χ0) is 12.2. The normalized spacial score (nSPS) is 14.2. The van der Waals surface area contributed by atoms with Crippen LogP contribution < -0.4 is 11.0 Å². The van der Waals surface area contributed by atoms with Gasteiger partial charge in [-0.25, -0.2) is 4.79 Å². The standard InChI is InChI=1S/C11H16NO3P/c1-3-15-11(13)9-6-4-5-7-10(9)16(2,14)8-12/h4-7H,3,8,12H2,1-2H3. The van der Waals surface area contributed by atoms with Crippen molar-refractivity contribution in [2.24, 2.45) is 5.73 Å². The Kier molecular flexibility index (Phi) is 4.27. The number of ether oxygens (including phenoxy) is 1. The van der Waals surface area contributed by atoms with Crippen molar-refractivity contribution >= 4 is 18.4 Å². The molecule has 2 N–H and O–H groups in total. The summed E-state index contributed by atoms with van der Waals surface area (Å²) in [6.45, 7) is 3.60. The van der Waals surface area contributed by atoms with Gasteiger partial charge in [-0.05, 0) is 19.7 Å². The minimum Gasteiger partial charge on any atom is -0.462 e. The molecule has 1 rings (SSSR count). The number of hydrogen-bond donors (Lipinski definition) is 1. The monoisotopic (exact) mass is 241 g/mol. The van der Waals surface area contributed by atoms with Gasteiger partial charge in [0.1, 0.15) is 7.14 Å². The van der Waals surface area contributed by atoms with E-state index in [0.717, 1.165) is 0 Å². The van der Waals surface area contributed by atoms with E-state index in [4.69, 9.17) is 10.5 Å². The number of esters is 1. The van der Waals surface area contributed by atoms with Crippen LogP contribution >= 0.6 is 7.14 Å². The van der Waals surface area contributed by atoms with Crippen LogP contribution in [0.2, 0.25) is 0 Å². The Balaban J connectivity index is 3.20. The van der Waals surface area contributed by atoms with Gasteiger partial charge in [0, 0.05) is 5.30 Å². The SMILES string of the molecule is CCOC(=O)c1ccccc1P(C)(=O)CN. The first-order valence-electron chi connectivity index (χ1n) is 5.06. The summed E-state index contributed by atoms with van der Waals surface area (Å²) in [5, 5.41) is 0.496. The maximum Gasteiger partial charge on any atom is 0.338 e. The van der Waals surface area contributed by atoms with Crippen molar-refractivity contribution in [3.63, 3.8) is 0 Å². The summed E-state index contributed by atoms with van der Waals surface area (Å²) in [7, 11) is -2.66. The summed E-state index contributed by atoms with van der Waals surface area (Å²) in [5.74, 6) is -0.450. The molecule has 1 atom stereocenters. The summed E-state index contributed by atoms with van der Waals surface area (Å²) in [6, 6.07) is 6.73. The van der Waals surface area contributed by atoms with Crippen LogP contribution in [0.25, 0.3) is 0 Å². The zero-order valence-electron chi connectivity index (χ0n) is 9.47. The fourth-order valence-corrected chi connectivity index (χ4v) is 2.64. The van der Waals surface area contributed by atoms with Gasteiger partial charge in [-0.1, -0.05) is 18.2 Å². The van der Waals surface area contributed by atoms with Crippen LogP contribution in [0.4, 0.5) is 0 Å². The van der Waals surface area contributed by atoms with E-state index in [1.54, 1.807) is 37.9 Å². The van der Waals surface area contributed by atoms with Crippen molar-refractivity contribution in [2.45, 2.75) is 6.92 Å². The molecule has 88 valence electrons. The lowest BCUT2D eigenvalue weighted by Crippen LogP contribution is -2.21. The predicted molar refractivity (Wildman–Crippen MR) is 64.6 cm³/mol. The summed E-state index contributed by atoms with van der Waals surface area (Å²) in [6.07, 6.45) is 0.0451. The van der Waals surface area contributed by atoms with Gasteiger partial charge < -0.3 is 15.0 Å². The average Bonchev–Trinajstić information content (AvgIpc) is 2.29. The molecule has 0 aromatic heterocycles. The maximum absolute atomic E-state index is 12.2. The van der Waals surface area contributed by atoms with E-state index in [2.05, 4.69) is 0 Å². The molecular formula is C11H16NO3P. The van der Waals surface area contributed by atoms with E-state index in [0.29, 0.717) is 17.5 Å². The lowest BCUT2D eigenvalue weighted by molar-refractivity contribution is 0.0528. The second-order valence-electron chi connectivity index (χ2n) is 3.52. The van der Waals surface area contributed by atoms with Crippen LogP contribution in [-0.2, 0) is 9.30 Å². The number of carbonyl (C=O) groups is 1. The van der Waals surface area contributed by atoms with E-state index in [1.165, 1.54) is 0 Å². The summed E-state index contributed by atoms with van der Waals surface area (Å²) >= 11 is 0. The van der Waals surface area contributed by atoms with Gasteiger partial charge in [-0.3, -0.25) is 0 Å². The van der Waals surface area contributed by atoms with Crippen LogP contribution in [0.1, 0.15) is 17.3 Å². The van der Waals surface area contributed by atoms with Crippen LogP contribution in [0.5, 0.6) is 0 Å². The van der Waals surface area contributed by atoms with E-state index in [1.807, 2.05) is 0 Å². The number of carbonyl (C=O) groups excluding carboxylic acids is 1. The first kappa shape index (κ1) is 12.9. The molecule has 0 fully saturated rings. The fourth-order valence-electron chi connectivity index (χ4n) is 1.37. The summed E-state index contributed by atoms with van der Waals surface area (Å²) in [5.41, 5.74) is 5.81. The molecule has 0 spiro atoms. The third-order valence-corrected chi connectivity index (χ3v) is 4.36.